The SMILES string of the molecule is CCCc1nc(N2CCCC2C(C)C)sc1CNC. The van der Waals surface area contributed by atoms with Crippen LogP contribution in [0.15, 0.2) is 0 Å². The van der Waals surface area contributed by atoms with Crippen molar-refractivity contribution in [2.45, 2.75) is 59.0 Å². The minimum absolute atomic E-state index is 0.683. The zero-order valence-corrected chi connectivity index (χ0v) is 13.5. The van der Waals surface area contributed by atoms with Crippen LogP contribution in [0.4, 0.5) is 5.13 Å². The van der Waals surface area contributed by atoms with E-state index < -0.39 is 0 Å². The molecule has 1 aromatic rings. The number of anilines is 1. The fourth-order valence-corrected chi connectivity index (χ4v) is 4.15. The molecule has 0 aliphatic carbocycles. The standard InChI is InChI=1S/C15H27N3S/c1-5-7-12-14(10-16-4)19-15(17-12)18-9-6-8-13(18)11(2)3/h11,13,16H,5-10H2,1-4H3. The molecular weight excluding hydrogens is 254 g/mol. The maximum Gasteiger partial charge on any atom is 0.186 e. The van der Waals surface area contributed by atoms with Gasteiger partial charge < -0.3 is 10.2 Å². The molecule has 1 aliphatic rings. The fraction of sp³-hybridized carbons (Fsp3) is 0.800. The summed E-state index contributed by atoms with van der Waals surface area (Å²) in [6.45, 7) is 9.03. The van der Waals surface area contributed by atoms with Gasteiger partial charge in [-0.25, -0.2) is 4.98 Å². The average molecular weight is 281 g/mol. The minimum atomic E-state index is 0.683. The summed E-state index contributed by atoms with van der Waals surface area (Å²) in [4.78, 5) is 8.91. The van der Waals surface area contributed by atoms with E-state index in [-0.39, 0.29) is 0 Å². The van der Waals surface area contributed by atoms with Crippen molar-refractivity contribution in [3.8, 4) is 0 Å². The van der Waals surface area contributed by atoms with E-state index in [4.69, 9.17) is 4.98 Å². The predicted molar refractivity (Wildman–Crippen MR) is 84.1 cm³/mol. The fourth-order valence-electron chi connectivity index (χ4n) is 2.95. The number of thiazole rings is 1. The van der Waals surface area contributed by atoms with Gasteiger partial charge in [0.05, 0.1) is 5.69 Å². The molecule has 1 saturated heterocycles. The molecule has 0 bridgehead atoms. The van der Waals surface area contributed by atoms with Crippen LogP contribution in [0, 0.1) is 5.92 Å². The predicted octanol–water partition coefficient (Wildman–Crippen LogP) is 3.44. The Labute approximate surface area is 121 Å². The summed E-state index contributed by atoms with van der Waals surface area (Å²) in [5.41, 5.74) is 1.31. The first-order valence-electron chi connectivity index (χ1n) is 7.57. The van der Waals surface area contributed by atoms with Crippen LogP contribution in [0.2, 0.25) is 0 Å². The lowest BCUT2D eigenvalue weighted by molar-refractivity contribution is 0.491. The topological polar surface area (TPSA) is 28.2 Å². The molecule has 0 radical (unpaired) electrons. The highest BCUT2D eigenvalue weighted by Gasteiger charge is 2.29. The molecule has 1 aromatic heterocycles. The van der Waals surface area contributed by atoms with Crippen molar-refractivity contribution in [2.24, 2.45) is 5.92 Å². The first kappa shape index (κ1) is 14.8. The second kappa shape index (κ2) is 6.71. The largest absolute Gasteiger partial charge is 0.345 e. The van der Waals surface area contributed by atoms with Gasteiger partial charge in [0.1, 0.15) is 0 Å². The lowest BCUT2D eigenvalue weighted by Gasteiger charge is -2.27. The number of aromatic nitrogens is 1. The number of nitrogens with one attached hydrogen (secondary N) is 1. The second-order valence-corrected chi connectivity index (χ2v) is 6.86. The number of hydrogen-bond acceptors (Lipinski definition) is 4. The first-order chi connectivity index (χ1) is 9.17. The van der Waals surface area contributed by atoms with Crippen molar-refractivity contribution in [3.63, 3.8) is 0 Å². The summed E-state index contributed by atoms with van der Waals surface area (Å²) < 4.78 is 0. The van der Waals surface area contributed by atoms with Crippen LogP contribution < -0.4 is 10.2 Å². The van der Waals surface area contributed by atoms with Gasteiger partial charge in [0, 0.05) is 24.0 Å². The van der Waals surface area contributed by atoms with Crippen LogP contribution >= 0.6 is 11.3 Å². The summed E-state index contributed by atoms with van der Waals surface area (Å²) in [5, 5.41) is 4.53. The third-order valence-corrected chi connectivity index (χ3v) is 5.04. The minimum Gasteiger partial charge on any atom is -0.345 e. The zero-order valence-electron chi connectivity index (χ0n) is 12.7. The van der Waals surface area contributed by atoms with Gasteiger partial charge in [-0.3, -0.25) is 0 Å². The molecule has 1 N–H and O–H groups in total. The van der Waals surface area contributed by atoms with E-state index in [2.05, 4.69) is 31.0 Å². The van der Waals surface area contributed by atoms with Gasteiger partial charge in [-0.15, -0.1) is 11.3 Å². The van der Waals surface area contributed by atoms with Crippen LogP contribution in [0.25, 0.3) is 0 Å². The third-order valence-electron chi connectivity index (χ3n) is 3.91. The lowest BCUT2D eigenvalue weighted by Crippen LogP contribution is -2.33. The van der Waals surface area contributed by atoms with Crippen molar-refractivity contribution in [3.05, 3.63) is 10.6 Å². The third kappa shape index (κ3) is 3.29. The first-order valence-corrected chi connectivity index (χ1v) is 8.38. The molecule has 108 valence electrons. The number of nitrogens with zero attached hydrogens (tertiary/aromatic N) is 2. The van der Waals surface area contributed by atoms with E-state index in [0.717, 1.165) is 13.0 Å². The maximum atomic E-state index is 4.94. The summed E-state index contributed by atoms with van der Waals surface area (Å²) in [6.07, 6.45) is 4.91. The average Bonchev–Trinajstić information content (AvgIpc) is 2.97. The smallest absolute Gasteiger partial charge is 0.186 e. The molecule has 1 aliphatic heterocycles. The number of hydrogen-bond donors (Lipinski definition) is 1. The van der Waals surface area contributed by atoms with Gasteiger partial charge in [0.2, 0.25) is 0 Å². The zero-order chi connectivity index (χ0) is 13.8. The molecular formula is C15H27N3S. The summed E-state index contributed by atoms with van der Waals surface area (Å²) in [6, 6.07) is 0.683. The quantitative estimate of drug-likeness (QED) is 0.866. The molecule has 1 fully saturated rings. The molecule has 0 spiro atoms. The summed E-state index contributed by atoms with van der Waals surface area (Å²) in [5.74, 6) is 0.716. The molecule has 0 amide bonds. The van der Waals surface area contributed by atoms with Gasteiger partial charge in [0.15, 0.2) is 5.13 Å². The molecule has 3 nitrogen and oxygen atoms in total. The van der Waals surface area contributed by atoms with Crippen LogP contribution in [0.3, 0.4) is 0 Å². The highest BCUT2D eigenvalue weighted by molar-refractivity contribution is 7.15. The van der Waals surface area contributed by atoms with E-state index >= 15 is 0 Å². The Morgan fingerprint density at radius 3 is 2.89 bits per heavy atom. The van der Waals surface area contributed by atoms with E-state index in [1.807, 2.05) is 18.4 Å². The number of aryl methyl sites for hydroxylation is 1. The molecule has 4 heteroatoms. The van der Waals surface area contributed by atoms with Crippen LogP contribution in [-0.4, -0.2) is 24.6 Å². The molecule has 1 atom stereocenters. The maximum absolute atomic E-state index is 4.94. The van der Waals surface area contributed by atoms with Crippen molar-refractivity contribution >= 4 is 16.5 Å². The Bertz CT molecular complexity index is 377. The van der Waals surface area contributed by atoms with E-state index in [0.29, 0.717) is 12.0 Å². The molecule has 0 aromatic carbocycles. The van der Waals surface area contributed by atoms with Crippen molar-refractivity contribution in [1.82, 2.24) is 10.3 Å². The number of rotatable bonds is 6. The van der Waals surface area contributed by atoms with Crippen molar-refractivity contribution in [1.29, 1.82) is 0 Å². The Morgan fingerprint density at radius 2 is 2.26 bits per heavy atom. The van der Waals surface area contributed by atoms with Crippen LogP contribution in [0.5, 0.6) is 0 Å². The monoisotopic (exact) mass is 281 g/mol. The molecule has 19 heavy (non-hydrogen) atoms. The highest BCUT2D eigenvalue weighted by atomic mass is 32.1. The Kier molecular flexibility index (Phi) is 5.22. The van der Waals surface area contributed by atoms with Crippen LogP contribution in [0.1, 0.15) is 50.6 Å². The van der Waals surface area contributed by atoms with Gasteiger partial charge >= 0.3 is 0 Å². The summed E-state index contributed by atoms with van der Waals surface area (Å²) in [7, 11) is 2.02. The second-order valence-electron chi connectivity index (χ2n) is 5.79. The molecule has 0 saturated carbocycles. The Balaban J connectivity index is 2.21. The van der Waals surface area contributed by atoms with Gasteiger partial charge in [-0.05, 0) is 32.2 Å². The highest BCUT2D eigenvalue weighted by Crippen LogP contribution is 2.34. The van der Waals surface area contributed by atoms with E-state index in [1.54, 1.807) is 0 Å². The van der Waals surface area contributed by atoms with Gasteiger partial charge in [-0.2, -0.15) is 0 Å². The van der Waals surface area contributed by atoms with Crippen LogP contribution in [-0.2, 0) is 13.0 Å². The van der Waals surface area contributed by atoms with Crippen molar-refractivity contribution in [2.75, 3.05) is 18.5 Å². The van der Waals surface area contributed by atoms with Gasteiger partial charge in [0.25, 0.3) is 0 Å². The normalized spacial score (nSPS) is 19.6. The summed E-state index contributed by atoms with van der Waals surface area (Å²) >= 11 is 1.89. The van der Waals surface area contributed by atoms with E-state index in [9.17, 15) is 0 Å². The molecule has 2 heterocycles. The lowest BCUT2D eigenvalue weighted by atomic mass is 10.0. The van der Waals surface area contributed by atoms with E-state index in [1.165, 1.54) is 41.5 Å². The Morgan fingerprint density at radius 1 is 1.47 bits per heavy atom. The molecule has 2 rings (SSSR count). The van der Waals surface area contributed by atoms with Gasteiger partial charge in [-0.1, -0.05) is 27.2 Å². The van der Waals surface area contributed by atoms with Crippen molar-refractivity contribution < 1.29 is 0 Å². The molecule has 1 unspecified atom stereocenters. The Hall–Kier alpha value is -0.610.